The molecule has 20 heavy (non-hydrogen) atoms. The second kappa shape index (κ2) is 9.06. The summed E-state index contributed by atoms with van der Waals surface area (Å²) in [5.74, 6) is 1.28. The van der Waals surface area contributed by atoms with E-state index in [1.807, 2.05) is 12.1 Å². The summed E-state index contributed by atoms with van der Waals surface area (Å²) >= 11 is 6.21. The molecule has 0 amide bonds. The van der Waals surface area contributed by atoms with Crippen molar-refractivity contribution in [2.24, 2.45) is 0 Å². The topological polar surface area (TPSA) is 39.7 Å². The summed E-state index contributed by atoms with van der Waals surface area (Å²) in [6.07, 6.45) is 0.758. The van der Waals surface area contributed by atoms with Crippen molar-refractivity contribution in [3.8, 4) is 11.5 Å². The number of halogens is 1. The number of nitrogens with one attached hydrogen (secondary N) is 1. The van der Waals surface area contributed by atoms with Gasteiger partial charge in [0.1, 0.15) is 16.5 Å². The van der Waals surface area contributed by atoms with E-state index in [-0.39, 0.29) is 0 Å². The Labute approximate surface area is 126 Å². The fraction of sp³-hybridized carbons (Fsp3) is 0.600. The monoisotopic (exact) mass is 301 g/mol. The van der Waals surface area contributed by atoms with Crippen LogP contribution < -0.4 is 14.8 Å². The molecule has 5 heteroatoms. The van der Waals surface area contributed by atoms with Gasteiger partial charge in [-0.15, -0.1) is 0 Å². The third-order valence-electron chi connectivity index (χ3n) is 2.88. The van der Waals surface area contributed by atoms with Crippen molar-refractivity contribution in [1.82, 2.24) is 5.32 Å². The van der Waals surface area contributed by atoms with Crippen LogP contribution in [0.25, 0.3) is 0 Å². The van der Waals surface area contributed by atoms with Crippen molar-refractivity contribution >= 4 is 11.6 Å². The Morgan fingerprint density at radius 1 is 1.15 bits per heavy atom. The van der Waals surface area contributed by atoms with Crippen LogP contribution in [-0.4, -0.2) is 40.0 Å². The maximum absolute atomic E-state index is 6.21. The minimum atomic E-state index is 0.485. The van der Waals surface area contributed by atoms with Crippen LogP contribution in [0.15, 0.2) is 12.1 Å². The second-order valence-electron chi connectivity index (χ2n) is 4.75. The molecule has 0 fully saturated rings. The maximum Gasteiger partial charge on any atom is 0.144 e. The summed E-state index contributed by atoms with van der Waals surface area (Å²) in [7, 11) is 3.20. The molecule has 0 bridgehead atoms. The van der Waals surface area contributed by atoms with Crippen LogP contribution in [-0.2, 0) is 11.2 Å². The predicted molar refractivity (Wildman–Crippen MR) is 82.2 cm³/mol. The molecule has 0 aliphatic rings. The Morgan fingerprint density at radius 3 is 2.50 bits per heavy atom. The van der Waals surface area contributed by atoms with E-state index in [4.69, 9.17) is 25.8 Å². The van der Waals surface area contributed by atoms with Crippen molar-refractivity contribution in [3.05, 3.63) is 22.7 Å². The Balaban J connectivity index is 2.46. The molecule has 0 aliphatic carbocycles. The predicted octanol–water partition coefficient (Wildman–Crippen LogP) is 2.91. The summed E-state index contributed by atoms with van der Waals surface area (Å²) in [5, 5.41) is 3.81. The standard InChI is InChI=1S/C15H24ClNO3/c1-11(2)17-8-10-20-9-7-12-5-6-13(18-3)14(16)15(12)19-4/h5-6,11,17H,7-10H2,1-4H3. The lowest BCUT2D eigenvalue weighted by Crippen LogP contribution is -2.26. The highest BCUT2D eigenvalue weighted by Gasteiger charge is 2.12. The normalized spacial score (nSPS) is 10.9. The Hall–Kier alpha value is -0.970. The van der Waals surface area contributed by atoms with Crippen LogP contribution in [0.4, 0.5) is 0 Å². The maximum atomic E-state index is 6.21. The molecule has 1 rings (SSSR count). The molecule has 0 spiro atoms. The van der Waals surface area contributed by atoms with E-state index in [2.05, 4.69) is 19.2 Å². The van der Waals surface area contributed by atoms with Gasteiger partial charge in [0.25, 0.3) is 0 Å². The Kier molecular flexibility index (Phi) is 7.73. The van der Waals surface area contributed by atoms with Gasteiger partial charge >= 0.3 is 0 Å². The van der Waals surface area contributed by atoms with E-state index in [1.54, 1.807) is 14.2 Å². The summed E-state index contributed by atoms with van der Waals surface area (Å²) < 4.78 is 16.1. The number of hydrogen-bond acceptors (Lipinski definition) is 4. The average molecular weight is 302 g/mol. The fourth-order valence-electron chi connectivity index (χ4n) is 1.86. The third kappa shape index (κ3) is 5.19. The molecule has 0 heterocycles. The molecule has 0 unspecified atom stereocenters. The molecule has 1 aromatic carbocycles. The van der Waals surface area contributed by atoms with E-state index in [0.29, 0.717) is 35.8 Å². The van der Waals surface area contributed by atoms with Crippen LogP contribution in [0, 0.1) is 0 Å². The van der Waals surface area contributed by atoms with Crippen LogP contribution in [0.3, 0.4) is 0 Å². The molecule has 1 aromatic rings. The summed E-state index contributed by atoms with van der Waals surface area (Å²) in [6.45, 7) is 6.43. The summed E-state index contributed by atoms with van der Waals surface area (Å²) in [5.41, 5.74) is 1.02. The molecule has 0 aromatic heterocycles. The number of methoxy groups -OCH3 is 2. The quantitative estimate of drug-likeness (QED) is 0.712. The van der Waals surface area contributed by atoms with Crippen molar-refractivity contribution in [2.75, 3.05) is 34.0 Å². The van der Waals surface area contributed by atoms with Gasteiger partial charge in [-0.1, -0.05) is 31.5 Å². The van der Waals surface area contributed by atoms with Crippen LogP contribution >= 0.6 is 11.6 Å². The van der Waals surface area contributed by atoms with Gasteiger partial charge in [0.2, 0.25) is 0 Å². The lowest BCUT2D eigenvalue weighted by Gasteiger charge is -2.13. The van der Waals surface area contributed by atoms with Crippen molar-refractivity contribution < 1.29 is 14.2 Å². The Morgan fingerprint density at radius 2 is 1.90 bits per heavy atom. The number of benzene rings is 1. The largest absolute Gasteiger partial charge is 0.495 e. The lowest BCUT2D eigenvalue weighted by molar-refractivity contribution is 0.137. The molecule has 4 nitrogen and oxygen atoms in total. The van der Waals surface area contributed by atoms with Gasteiger partial charge in [0.05, 0.1) is 27.4 Å². The first-order chi connectivity index (χ1) is 9.60. The van der Waals surface area contributed by atoms with E-state index < -0.39 is 0 Å². The number of hydrogen-bond donors (Lipinski definition) is 1. The van der Waals surface area contributed by atoms with Gasteiger partial charge in [-0.25, -0.2) is 0 Å². The zero-order valence-corrected chi connectivity index (χ0v) is 13.4. The average Bonchev–Trinajstić information content (AvgIpc) is 2.42. The van der Waals surface area contributed by atoms with Gasteiger partial charge < -0.3 is 19.5 Å². The second-order valence-corrected chi connectivity index (χ2v) is 5.12. The molecule has 0 saturated heterocycles. The smallest absolute Gasteiger partial charge is 0.144 e. The van der Waals surface area contributed by atoms with Gasteiger partial charge in [-0.05, 0) is 18.1 Å². The molecule has 0 saturated carbocycles. The van der Waals surface area contributed by atoms with Crippen molar-refractivity contribution in [3.63, 3.8) is 0 Å². The summed E-state index contributed by atoms with van der Waals surface area (Å²) in [4.78, 5) is 0. The first-order valence-electron chi connectivity index (χ1n) is 6.80. The minimum Gasteiger partial charge on any atom is -0.495 e. The van der Waals surface area contributed by atoms with Gasteiger partial charge in [-0.3, -0.25) is 0 Å². The highest BCUT2D eigenvalue weighted by molar-refractivity contribution is 6.33. The third-order valence-corrected chi connectivity index (χ3v) is 3.24. The molecule has 0 radical (unpaired) electrons. The molecule has 114 valence electrons. The van der Waals surface area contributed by atoms with Gasteiger partial charge in [-0.2, -0.15) is 0 Å². The van der Waals surface area contributed by atoms with Crippen molar-refractivity contribution in [2.45, 2.75) is 26.3 Å². The SMILES string of the molecule is COc1ccc(CCOCCNC(C)C)c(OC)c1Cl. The van der Waals surface area contributed by atoms with E-state index >= 15 is 0 Å². The molecule has 0 atom stereocenters. The molecular weight excluding hydrogens is 278 g/mol. The first kappa shape index (κ1) is 17.1. The van der Waals surface area contributed by atoms with E-state index in [9.17, 15) is 0 Å². The highest BCUT2D eigenvalue weighted by Crippen LogP contribution is 2.36. The van der Waals surface area contributed by atoms with E-state index in [0.717, 1.165) is 18.5 Å². The van der Waals surface area contributed by atoms with Crippen LogP contribution in [0.1, 0.15) is 19.4 Å². The Bertz CT molecular complexity index is 410. The van der Waals surface area contributed by atoms with Crippen LogP contribution in [0.2, 0.25) is 5.02 Å². The molecular formula is C15H24ClNO3. The zero-order chi connectivity index (χ0) is 15.0. The fourth-order valence-corrected chi connectivity index (χ4v) is 2.20. The van der Waals surface area contributed by atoms with E-state index in [1.165, 1.54) is 0 Å². The molecule has 0 aliphatic heterocycles. The number of ether oxygens (including phenoxy) is 3. The highest BCUT2D eigenvalue weighted by atomic mass is 35.5. The van der Waals surface area contributed by atoms with Gasteiger partial charge in [0, 0.05) is 12.6 Å². The first-order valence-corrected chi connectivity index (χ1v) is 7.18. The van der Waals surface area contributed by atoms with Crippen molar-refractivity contribution in [1.29, 1.82) is 0 Å². The zero-order valence-electron chi connectivity index (χ0n) is 12.7. The van der Waals surface area contributed by atoms with Crippen LogP contribution in [0.5, 0.6) is 11.5 Å². The van der Waals surface area contributed by atoms with Gasteiger partial charge in [0.15, 0.2) is 0 Å². The molecule has 1 N–H and O–H groups in total. The number of rotatable bonds is 9. The lowest BCUT2D eigenvalue weighted by atomic mass is 10.1. The summed E-state index contributed by atoms with van der Waals surface area (Å²) in [6, 6.07) is 4.29. The minimum absolute atomic E-state index is 0.485.